The molecular weight excluding hydrogens is 290 g/mol. The Hall–Kier alpha value is -1.84. The summed E-state index contributed by atoms with van der Waals surface area (Å²) in [4.78, 5) is 23.9. The molecule has 0 atom stereocenters. The van der Waals surface area contributed by atoms with E-state index in [1.54, 1.807) is 0 Å². The standard InChI is InChI=1S/C19H27NO3/c1-13(2)16-10-6-7-14(3)19(16)20-17(21)12-23-18(22)11-15-8-4-5-9-15/h6-7,10,13,15H,4-5,8-9,11-12H2,1-3H3,(H,20,21). The van der Waals surface area contributed by atoms with Crippen LogP contribution in [-0.2, 0) is 14.3 Å². The van der Waals surface area contributed by atoms with Crippen LogP contribution in [0.2, 0.25) is 0 Å². The van der Waals surface area contributed by atoms with Crippen LogP contribution in [0.1, 0.15) is 63.0 Å². The van der Waals surface area contributed by atoms with E-state index in [0.29, 0.717) is 18.3 Å². The summed E-state index contributed by atoms with van der Waals surface area (Å²) in [7, 11) is 0. The first-order valence-electron chi connectivity index (χ1n) is 8.52. The number of para-hydroxylation sites is 1. The summed E-state index contributed by atoms with van der Waals surface area (Å²) < 4.78 is 5.13. The van der Waals surface area contributed by atoms with Crippen LogP contribution in [-0.4, -0.2) is 18.5 Å². The number of carbonyl (C=O) groups is 2. The summed E-state index contributed by atoms with van der Waals surface area (Å²) in [5.41, 5.74) is 2.94. The molecule has 1 saturated carbocycles. The summed E-state index contributed by atoms with van der Waals surface area (Å²) in [6, 6.07) is 5.97. The topological polar surface area (TPSA) is 55.4 Å². The SMILES string of the molecule is Cc1cccc(C(C)C)c1NC(=O)COC(=O)CC1CCCC1. The zero-order chi connectivity index (χ0) is 16.8. The van der Waals surface area contributed by atoms with E-state index in [9.17, 15) is 9.59 Å². The van der Waals surface area contributed by atoms with Crippen LogP contribution in [0.3, 0.4) is 0 Å². The van der Waals surface area contributed by atoms with E-state index in [2.05, 4.69) is 19.2 Å². The van der Waals surface area contributed by atoms with Crippen molar-refractivity contribution in [2.75, 3.05) is 11.9 Å². The molecule has 1 aliphatic rings. The van der Waals surface area contributed by atoms with Crippen LogP contribution >= 0.6 is 0 Å². The van der Waals surface area contributed by atoms with Crippen molar-refractivity contribution in [2.24, 2.45) is 5.92 Å². The number of esters is 1. The largest absolute Gasteiger partial charge is 0.456 e. The molecule has 0 radical (unpaired) electrons. The number of hydrogen-bond donors (Lipinski definition) is 1. The maximum Gasteiger partial charge on any atom is 0.306 e. The molecule has 1 fully saturated rings. The number of ether oxygens (including phenoxy) is 1. The minimum Gasteiger partial charge on any atom is -0.456 e. The Morgan fingerprint density at radius 1 is 1.26 bits per heavy atom. The Labute approximate surface area is 138 Å². The van der Waals surface area contributed by atoms with Crippen molar-refractivity contribution >= 4 is 17.6 Å². The van der Waals surface area contributed by atoms with Crippen molar-refractivity contribution in [1.82, 2.24) is 0 Å². The third-order valence-electron chi connectivity index (χ3n) is 4.49. The quantitative estimate of drug-likeness (QED) is 0.801. The second-order valence-electron chi connectivity index (χ2n) is 6.76. The Bertz CT molecular complexity index is 560. The van der Waals surface area contributed by atoms with Gasteiger partial charge in [-0.05, 0) is 42.7 Å². The molecule has 4 heteroatoms. The van der Waals surface area contributed by atoms with Crippen molar-refractivity contribution < 1.29 is 14.3 Å². The monoisotopic (exact) mass is 317 g/mol. The smallest absolute Gasteiger partial charge is 0.306 e. The van der Waals surface area contributed by atoms with Crippen molar-refractivity contribution in [3.8, 4) is 0 Å². The number of aryl methyl sites for hydroxylation is 1. The highest BCUT2D eigenvalue weighted by Crippen LogP contribution is 2.28. The predicted molar refractivity (Wildman–Crippen MR) is 91.4 cm³/mol. The average molecular weight is 317 g/mol. The van der Waals surface area contributed by atoms with Crippen LogP contribution in [0.5, 0.6) is 0 Å². The fraction of sp³-hybridized carbons (Fsp3) is 0.579. The second kappa shape index (κ2) is 8.14. The van der Waals surface area contributed by atoms with Gasteiger partial charge in [0.05, 0.1) is 0 Å². The molecule has 1 amide bonds. The molecule has 1 aromatic carbocycles. The van der Waals surface area contributed by atoms with Crippen LogP contribution in [0.25, 0.3) is 0 Å². The van der Waals surface area contributed by atoms with E-state index in [1.165, 1.54) is 12.8 Å². The summed E-state index contributed by atoms with van der Waals surface area (Å²) in [5.74, 6) is 0.214. The van der Waals surface area contributed by atoms with Crippen molar-refractivity contribution in [3.05, 3.63) is 29.3 Å². The Morgan fingerprint density at radius 2 is 1.96 bits per heavy atom. The number of amides is 1. The molecule has 0 heterocycles. The van der Waals surface area contributed by atoms with E-state index in [0.717, 1.165) is 29.7 Å². The molecule has 2 rings (SSSR count). The van der Waals surface area contributed by atoms with Gasteiger partial charge >= 0.3 is 5.97 Å². The first-order chi connectivity index (χ1) is 11.0. The zero-order valence-corrected chi connectivity index (χ0v) is 14.4. The van der Waals surface area contributed by atoms with E-state index in [4.69, 9.17) is 4.74 Å². The molecule has 0 saturated heterocycles. The summed E-state index contributed by atoms with van der Waals surface area (Å²) in [5, 5.41) is 2.89. The normalized spacial score (nSPS) is 15.0. The van der Waals surface area contributed by atoms with Crippen LogP contribution in [0.4, 0.5) is 5.69 Å². The number of rotatable bonds is 6. The third kappa shape index (κ3) is 5.08. The maximum atomic E-state index is 12.1. The van der Waals surface area contributed by atoms with Crippen LogP contribution < -0.4 is 5.32 Å². The highest BCUT2D eigenvalue weighted by atomic mass is 16.5. The lowest BCUT2D eigenvalue weighted by Gasteiger charge is -2.16. The molecule has 1 aliphatic carbocycles. The molecule has 1 aromatic rings. The van der Waals surface area contributed by atoms with Gasteiger partial charge in [0.15, 0.2) is 6.61 Å². The lowest BCUT2D eigenvalue weighted by molar-refractivity contribution is -0.148. The zero-order valence-electron chi connectivity index (χ0n) is 14.4. The van der Waals surface area contributed by atoms with Gasteiger partial charge in [-0.1, -0.05) is 44.9 Å². The Balaban J connectivity index is 1.86. The predicted octanol–water partition coefficient (Wildman–Crippen LogP) is 4.18. The summed E-state index contributed by atoms with van der Waals surface area (Å²) in [6.07, 6.45) is 5.03. The molecule has 4 nitrogen and oxygen atoms in total. The summed E-state index contributed by atoms with van der Waals surface area (Å²) in [6.45, 7) is 5.93. The lowest BCUT2D eigenvalue weighted by Crippen LogP contribution is -2.22. The maximum absolute atomic E-state index is 12.1. The van der Waals surface area contributed by atoms with E-state index >= 15 is 0 Å². The second-order valence-corrected chi connectivity index (χ2v) is 6.76. The molecule has 0 unspecified atom stereocenters. The van der Waals surface area contributed by atoms with Crippen molar-refractivity contribution in [2.45, 2.75) is 58.8 Å². The fourth-order valence-corrected chi connectivity index (χ4v) is 3.17. The number of benzene rings is 1. The highest BCUT2D eigenvalue weighted by Gasteiger charge is 2.20. The molecule has 23 heavy (non-hydrogen) atoms. The molecular formula is C19H27NO3. The molecule has 0 aromatic heterocycles. The minimum atomic E-state index is -0.277. The molecule has 0 bridgehead atoms. The lowest BCUT2D eigenvalue weighted by atomic mass is 9.98. The van der Waals surface area contributed by atoms with E-state index in [1.807, 2.05) is 25.1 Å². The van der Waals surface area contributed by atoms with Gasteiger partial charge in [-0.2, -0.15) is 0 Å². The van der Waals surface area contributed by atoms with Gasteiger partial charge in [-0.15, -0.1) is 0 Å². The number of nitrogens with one attached hydrogen (secondary N) is 1. The van der Waals surface area contributed by atoms with Crippen molar-refractivity contribution in [3.63, 3.8) is 0 Å². The van der Waals surface area contributed by atoms with Gasteiger partial charge in [0.25, 0.3) is 5.91 Å². The first-order valence-corrected chi connectivity index (χ1v) is 8.52. The van der Waals surface area contributed by atoms with E-state index in [-0.39, 0.29) is 18.5 Å². The van der Waals surface area contributed by atoms with Crippen LogP contribution in [0.15, 0.2) is 18.2 Å². The number of carbonyl (C=O) groups excluding carboxylic acids is 2. The molecule has 126 valence electrons. The fourth-order valence-electron chi connectivity index (χ4n) is 3.17. The number of hydrogen-bond acceptors (Lipinski definition) is 3. The average Bonchev–Trinajstić information content (AvgIpc) is 3.00. The van der Waals surface area contributed by atoms with Gasteiger partial charge < -0.3 is 10.1 Å². The number of anilines is 1. The van der Waals surface area contributed by atoms with Gasteiger partial charge in [0.1, 0.15) is 0 Å². The first kappa shape index (κ1) is 17.5. The summed E-state index contributed by atoms with van der Waals surface area (Å²) >= 11 is 0. The van der Waals surface area contributed by atoms with Crippen LogP contribution in [0, 0.1) is 12.8 Å². The Kier molecular flexibility index (Phi) is 6.20. The van der Waals surface area contributed by atoms with Crippen molar-refractivity contribution in [1.29, 1.82) is 0 Å². The Morgan fingerprint density at radius 3 is 2.61 bits per heavy atom. The van der Waals surface area contributed by atoms with Gasteiger partial charge in [0.2, 0.25) is 0 Å². The van der Waals surface area contributed by atoms with Gasteiger partial charge in [-0.25, -0.2) is 0 Å². The molecule has 1 N–H and O–H groups in total. The third-order valence-corrected chi connectivity index (χ3v) is 4.49. The molecule has 0 aliphatic heterocycles. The van der Waals surface area contributed by atoms with Gasteiger partial charge in [0, 0.05) is 12.1 Å². The van der Waals surface area contributed by atoms with Gasteiger partial charge in [-0.3, -0.25) is 9.59 Å². The minimum absolute atomic E-state index is 0.211. The highest BCUT2D eigenvalue weighted by molar-refractivity contribution is 5.94. The van der Waals surface area contributed by atoms with E-state index < -0.39 is 0 Å². The molecule has 0 spiro atoms.